The molecule has 0 saturated carbocycles. The van der Waals surface area contributed by atoms with E-state index in [0.717, 1.165) is 29.6 Å². The molecule has 6 heteroatoms. The highest BCUT2D eigenvalue weighted by Crippen LogP contribution is 2.31. The molecule has 24 heavy (non-hydrogen) atoms. The number of hydrogen-bond acceptors (Lipinski definition) is 5. The molecule has 1 fully saturated rings. The van der Waals surface area contributed by atoms with Crippen LogP contribution in [0.4, 0.5) is 5.69 Å². The number of carbonyl (C=O) groups is 1. The Hall–Kier alpha value is -2.18. The second-order valence-corrected chi connectivity index (χ2v) is 6.16. The van der Waals surface area contributed by atoms with Gasteiger partial charge in [-0.25, -0.2) is 0 Å². The summed E-state index contributed by atoms with van der Waals surface area (Å²) in [5.41, 5.74) is 4.55. The molecule has 0 unspecified atom stereocenters. The summed E-state index contributed by atoms with van der Waals surface area (Å²) in [6.45, 7) is 5.41. The number of anilines is 1. The molecule has 2 aromatic rings. The van der Waals surface area contributed by atoms with Crippen LogP contribution in [0.1, 0.15) is 17.5 Å². The Morgan fingerprint density at radius 3 is 2.71 bits per heavy atom. The second kappa shape index (κ2) is 8.08. The van der Waals surface area contributed by atoms with Crippen molar-refractivity contribution in [2.75, 3.05) is 24.6 Å². The summed E-state index contributed by atoms with van der Waals surface area (Å²) in [7, 11) is 0. The third-order valence-corrected chi connectivity index (χ3v) is 4.45. The van der Waals surface area contributed by atoms with E-state index in [9.17, 15) is 10.2 Å². The van der Waals surface area contributed by atoms with Crippen LogP contribution in [0.15, 0.2) is 24.4 Å². The molecule has 0 bridgehead atoms. The van der Waals surface area contributed by atoms with E-state index in [0.29, 0.717) is 6.54 Å². The van der Waals surface area contributed by atoms with Crippen molar-refractivity contribution in [2.24, 2.45) is 5.92 Å². The minimum absolute atomic E-state index is 0.00202. The predicted molar refractivity (Wildman–Crippen MR) is 93.3 cm³/mol. The van der Waals surface area contributed by atoms with Crippen molar-refractivity contribution in [3.63, 3.8) is 0 Å². The van der Waals surface area contributed by atoms with E-state index in [1.165, 1.54) is 11.1 Å². The molecule has 0 spiro atoms. The molecule has 1 saturated heterocycles. The molecular weight excluding hydrogens is 308 g/mol. The molecule has 0 radical (unpaired) electrons. The Balaban J connectivity index is 0.000000647. The fourth-order valence-corrected chi connectivity index (χ4v) is 3.29. The Morgan fingerprint density at radius 1 is 1.38 bits per heavy atom. The first kappa shape index (κ1) is 18.2. The number of fused-ring (bicyclic) bond motifs is 1. The van der Waals surface area contributed by atoms with Gasteiger partial charge in [0.25, 0.3) is 6.47 Å². The average molecular weight is 332 g/mol. The van der Waals surface area contributed by atoms with E-state index >= 15 is 0 Å². The van der Waals surface area contributed by atoms with Crippen LogP contribution < -0.4 is 4.90 Å². The van der Waals surface area contributed by atoms with Gasteiger partial charge in [-0.3, -0.25) is 9.78 Å². The van der Waals surface area contributed by atoms with Crippen LogP contribution >= 0.6 is 0 Å². The van der Waals surface area contributed by atoms with Crippen LogP contribution in [0.5, 0.6) is 0 Å². The third-order valence-electron chi connectivity index (χ3n) is 4.45. The highest BCUT2D eigenvalue weighted by Gasteiger charge is 2.28. The number of aryl methyl sites for hydroxylation is 2. The van der Waals surface area contributed by atoms with Gasteiger partial charge in [-0.2, -0.15) is 0 Å². The number of nitrogens with zero attached hydrogens (tertiary/aromatic N) is 2. The molecule has 1 aromatic heterocycles. The molecule has 6 nitrogen and oxygen atoms in total. The lowest BCUT2D eigenvalue weighted by atomic mass is 9.94. The van der Waals surface area contributed by atoms with Crippen LogP contribution in [-0.4, -0.2) is 52.6 Å². The molecule has 0 aliphatic carbocycles. The molecule has 130 valence electrons. The third kappa shape index (κ3) is 3.83. The largest absolute Gasteiger partial charge is 0.483 e. The van der Waals surface area contributed by atoms with Crippen LogP contribution in [0.25, 0.3) is 10.9 Å². The molecule has 0 amide bonds. The van der Waals surface area contributed by atoms with E-state index in [4.69, 9.17) is 9.90 Å². The topological polar surface area (TPSA) is 93.9 Å². The summed E-state index contributed by atoms with van der Waals surface area (Å²) >= 11 is 0. The summed E-state index contributed by atoms with van der Waals surface area (Å²) in [6, 6.07) is 6.33. The Labute approximate surface area is 141 Å². The normalized spacial score (nSPS) is 20.4. The zero-order chi connectivity index (χ0) is 17.7. The molecule has 1 aliphatic heterocycles. The first-order valence-corrected chi connectivity index (χ1v) is 7.99. The highest BCUT2D eigenvalue weighted by molar-refractivity contribution is 5.94. The quantitative estimate of drug-likeness (QED) is 0.725. The van der Waals surface area contributed by atoms with Crippen molar-refractivity contribution in [3.05, 3.63) is 35.5 Å². The number of hydrogen-bond donors (Lipinski definition) is 3. The van der Waals surface area contributed by atoms with Gasteiger partial charge in [0.15, 0.2) is 0 Å². The average Bonchev–Trinajstić information content (AvgIpc) is 2.55. The van der Waals surface area contributed by atoms with Crippen molar-refractivity contribution in [2.45, 2.75) is 26.4 Å². The van der Waals surface area contributed by atoms with Gasteiger partial charge in [-0.05, 0) is 38.0 Å². The monoisotopic (exact) mass is 332 g/mol. The first-order valence-electron chi connectivity index (χ1n) is 7.99. The Bertz CT molecular complexity index is 705. The summed E-state index contributed by atoms with van der Waals surface area (Å²) in [5.74, 6) is -0.00202. The number of aliphatic hydroxyl groups excluding tert-OH is 2. The molecule has 1 aliphatic rings. The van der Waals surface area contributed by atoms with Crippen molar-refractivity contribution in [1.29, 1.82) is 0 Å². The van der Waals surface area contributed by atoms with E-state index in [-0.39, 0.29) is 19.0 Å². The summed E-state index contributed by atoms with van der Waals surface area (Å²) in [5, 5.41) is 27.5. The highest BCUT2D eigenvalue weighted by atomic mass is 16.3. The number of aromatic nitrogens is 1. The van der Waals surface area contributed by atoms with Gasteiger partial charge in [0, 0.05) is 42.9 Å². The number of aliphatic hydroxyl groups is 2. The Morgan fingerprint density at radius 2 is 2.08 bits per heavy atom. The zero-order valence-electron chi connectivity index (χ0n) is 14.0. The lowest BCUT2D eigenvalue weighted by Gasteiger charge is -2.37. The van der Waals surface area contributed by atoms with Gasteiger partial charge in [0.05, 0.1) is 11.6 Å². The van der Waals surface area contributed by atoms with E-state index in [1.54, 1.807) is 0 Å². The molecule has 3 N–H and O–H groups in total. The number of carboxylic acid groups (broad SMARTS) is 1. The number of β-amino-alcohol motifs (C(OH)–C–C–N with tert-alkyl or cyclic N) is 1. The van der Waals surface area contributed by atoms with Gasteiger partial charge in [0.1, 0.15) is 0 Å². The predicted octanol–water partition coefficient (Wildman–Crippen LogP) is 1.73. The van der Waals surface area contributed by atoms with Gasteiger partial charge >= 0.3 is 0 Å². The minimum atomic E-state index is -0.474. The molecule has 2 atom stereocenters. The van der Waals surface area contributed by atoms with Gasteiger partial charge in [-0.15, -0.1) is 0 Å². The molecule has 3 rings (SSSR count). The lowest BCUT2D eigenvalue weighted by Crippen LogP contribution is -2.45. The van der Waals surface area contributed by atoms with Crippen LogP contribution in [0, 0.1) is 19.8 Å². The Kier molecular flexibility index (Phi) is 6.11. The van der Waals surface area contributed by atoms with Gasteiger partial charge in [-0.1, -0.05) is 11.6 Å². The zero-order valence-corrected chi connectivity index (χ0v) is 14.0. The first-order chi connectivity index (χ1) is 11.5. The molecule has 1 aromatic carbocycles. The fraction of sp³-hybridized carbons (Fsp3) is 0.444. The van der Waals surface area contributed by atoms with Gasteiger partial charge < -0.3 is 20.2 Å². The van der Waals surface area contributed by atoms with E-state index < -0.39 is 6.10 Å². The second-order valence-electron chi connectivity index (χ2n) is 6.16. The van der Waals surface area contributed by atoms with Crippen molar-refractivity contribution in [3.8, 4) is 0 Å². The van der Waals surface area contributed by atoms with Crippen molar-refractivity contribution >= 4 is 23.1 Å². The SMILES string of the molecule is Cc1cc(C)c2nccc(N3CC[C@H](CO)[C@H](O)C3)c2c1.O=CO. The summed E-state index contributed by atoms with van der Waals surface area (Å²) in [6.07, 6.45) is 2.18. The van der Waals surface area contributed by atoms with Crippen molar-refractivity contribution < 1.29 is 20.1 Å². The summed E-state index contributed by atoms with van der Waals surface area (Å²) in [4.78, 5) is 15.1. The van der Waals surface area contributed by atoms with Crippen molar-refractivity contribution in [1.82, 2.24) is 4.98 Å². The maximum absolute atomic E-state index is 10.2. The number of pyridine rings is 1. The number of rotatable bonds is 2. The standard InChI is InChI=1S/C17H22N2O2.CH2O2/c1-11-7-12(2)17-14(8-11)15(3-5-18-17)19-6-4-13(10-20)16(21)9-19;2-1-3/h3,5,7-8,13,16,20-21H,4,6,9-10H2,1-2H3;1H,(H,2,3)/t13-,16-;/m1./s1. The number of piperidine rings is 1. The van der Waals surface area contributed by atoms with E-state index in [1.807, 2.05) is 12.3 Å². The van der Waals surface area contributed by atoms with Gasteiger partial charge in [0.2, 0.25) is 0 Å². The smallest absolute Gasteiger partial charge is 0.290 e. The maximum atomic E-state index is 10.2. The molecule has 2 heterocycles. The van der Waals surface area contributed by atoms with Crippen LogP contribution in [0.3, 0.4) is 0 Å². The fourth-order valence-electron chi connectivity index (χ4n) is 3.29. The maximum Gasteiger partial charge on any atom is 0.290 e. The lowest BCUT2D eigenvalue weighted by molar-refractivity contribution is -0.122. The minimum Gasteiger partial charge on any atom is -0.483 e. The summed E-state index contributed by atoms with van der Waals surface area (Å²) < 4.78 is 0. The number of benzene rings is 1. The van der Waals surface area contributed by atoms with E-state index in [2.05, 4.69) is 35.9 Å². The molecular formula is C18H24N2O4. The van der Waals surface area contributed by atoms with Crippen LogP contribution in [0.2, 0.25) is 0 Å². The van der Waals surface area contributed by atoms with Crippen LogP contribution in [-0.2, 0) is 4.79 Å².